The third kappa shape index (κ3) is 2.58. The summed E-state index contributed by atoms with van der Waals surface area (Å²) in [6, 6.07) is 24.5. The van der Waals surface area contributed by atoms with Crippen LogP contribution in [0, 0.1) is 18.3 Å². The Bertz CT molecular complexity index is 1710. The molecule has 4 heteroatoms. The lowest BCUT2D eigenvalue weighted by Gasteiger charge is -2.06. The lowest BCUT2D eigenvalue weighted by atomic mass is 9.95. The Morgan fingerprint density at radius 2 is 1.69 bits per heavy atom. The van der Waals surface area contributed by atoms with Crippen molar-refractivity contribution in [1.82, 2.24) is 0 Å². The normalized spacial score (nSPS) is 11.4. The van der Waals surface area contributed by atoms with E-state index in [1.165, 1.54) is 0 Å². The van der Waals surface area contributed by atoms with Gasteiger partial charge in [-0.25, -0.2) is 4.57 Å². The molecule has 3 aromatic carbocycles. The second-order valence-electron chi connectivity index (χ2n) is 8.08. The number of nitrogens with zero attached hydrogens (tertiary/aromatic N) is 2. The highest BCUT2D eigenvalue weighted by atomic mass is 16.3. The van der Waals surface area contributed by atoms with Gasteiger partial charge < -0.3 is 8.83 Å². The molecule has 0 unspecified atom stereocenters. The number of benzene rings is 3. The first-order chi connectivity index (χ1) is 15.7. The summed E-state index contributed by atoms with van der Waals surface area (Å²) in [7, 11) is 2.04. The molecule has 6 rings (SSSR count). The highest BCUT2D eigenvalue weighted by Gasteiger charge is 2.23. The molecule has 0 atom stereocenters. The fourth-order valence-electron chi connectivity index (χ4n) is 4.61. The fourth-order valence-corrected chi connectivity index (χ4v) is 4.61. The van der Waals surface area contributed by atoms with Crippen molar-refractivity contribution in [3.05, 3.63) is 90.3 Å². The standard InChI is InChI=1S/C28H19N2O2/c1-17-6-9-21-22-10-7-20(16-29)26(19-8-11-24-18(15-19)12-14-31-24)28(22)32-27(21)25(17)23-5-3-4-13-30(23)2/h3-15H,1-2H3/q+1. The average Bonchev–Trinajstić information content (AvgIpc) is 3.42. The van der Waals surface area contributed by atoms with E-state index in [4.69, 9.17) is 8.83 Å². The van der Waals surface area contributed by atoms with Gasteiger partial charge in [-0.1, -0.05) is 18.2 Å². The number of nitriles is 1. The molecule has 0 saturated carbocycles. The van der Waals surface area contributed by atoms with E-state index in [1.807, 2.05) is 61.8 Å². The van der Waals surface area contributed by atoms with Crippen molar-refractivity contribution in [2.45, 2.75) is 6.92 Å². The van der Waals surface area contributed by atoms with Crippen molar-refractivity contribution in [1.29, 1.82) is 5.26 Å². The summed E-state index contributed by atoms with van der Waals surface area (Å²) in [6.07, 6.45) is 3.71. The van der Waals surface area contributed by atoms with E-state index >= 15 is 0 Å². The Kier molecular flexibility index (Phi) is 3.93. The van der Waals surface area contributed by atoms with Crippen LogP contribution in [0.3, 0.4) is 0 Å². The zero-order chi connectivity index (χ0) is 21.8. The summed E-state index contributed by atoms with van der Waals surface area (Å²) >= 11 is 0. The summed E-state index contributed by atoms with van der Waals surface area (Å²) in [4.78, 5) is 0. The Morgan fingerprint density at radius 1 is 0.875 bits per heavy atom. The molecule has 0 radical (unpaired) electrons. The highest BCUT2D eigenvalue weighted by Crippen LogP contribution is 2.42. The van der Waals surface area contributed by atoms with Gasteiger partial charge in [0.2, 0.25) is 5.69 Å². The monoisotopic (exact) mass is 415 g/mol. The van der Waals surface area contributed by atoms with Crippen molar-refractivity contribution >= 4 is 32.9 Å². The second-order valence-corrected chi connectivity index (χ2v) is 8.08. The van der Waals surface area contributed by atoms with Gasteiger partial charge >= 0.3 is 0 Å². The van der Waals surface area contributed by atoms with Gasteiger partial charge in [-0.05, 0) is 54.4 Å². The molecule has 0 fully saturated rings. The number of rotatable bonds is 2. The SMILES string of the molecule is Cc1ccc2c(oc3c(-c4ccc5occc5c4)c(C#N)ccc32)c1-c1cccc[n+]1C. The molecule has 0 amide bonds. The van der Waals surface area contributed by atoms with E-state index in [2.05, 4.69) is 35.8 Å². The van der Waals surface area contributed by atoms with Crippen LogP contribution < -0.4 is 4.57 Å². The van der Waals surface area contributed by atoms with Crippen LogP contribution in [-0.4, -0.2) is 0 Å². The van der Waals surface area contributed by atoms with Gasteiger partial charge in [0.25, 0.3) is 0 Å². The molecule has 0 N–H and O–H groups in total. The minimum atomic E-state index is 0.586. The molecule has 6 aromatic rings. The number of pyridine rings is 1. The molecular formula is C28H19N2O2+. The van der Waals surface area contributed by atoms with Crippen molar-refractivity contribution in [3.63, 3.8) is 0 Å². The minimum absolute atomic E-state index is 0.586. The van der Waals surface area contributed by atoms with Crippen LogP contribution in [0.4, 0.5) is 0 Å². The van der Waals surface area contributed by atoms with E-state index in [1.54, 1.807) is 6.26 Å². The Morgan fingerprint density at radius 3 is 2.50 bits per heavy atom. The molecule has 0 aliphatic rings. The quantitative estimate of drug-likeness (QED) is 0.297. The van der Waals surface area contributed by atoms with Crippen LogP contribution in [0.25, 0.3) is 55.3 Å². The first-order valence-electron chi connectivity index (χ1n) is 10.5. The summed E-state index contributed by atoms with van der Waals surface area (Å²) < 4.78 is 14.2. The molecule has 0 spiro atoms. The molecule has 3 aromatic heterocycles. The Balaban J connectivity index is 1.73. The summed E-state index contributed by atoms with van der Waals surface area (Å²) in [6.45, 7) is 2.10. The van der Waals surface area contributed by atoms with Crippen LogP contribution >= 0.6 is 0 Å². The maximum absolute atomic E-state index is 9.89. The van der Waals surface area contributed by atoms with Crippen molar-refractivity contribution < 1.29 is 13.4 Å². The zero-order valence-electron chi connectivity index (χ0n) is 17.7. The lowest BCUT2D eigenvalue weighted by Crippen LogP contribution is -2.30. The maximum atomic E-state index is 9.89. The number of furan rings is 2. The van der Waals surface area contributed by atoms with Gasteiger partial charge in [-0.15, -0.1) is 0 Å². The molecule has 0 saturated heterocycles. The molecule has 0 aliphatic heterocycles. The number of fused-ring (bicyclic) bond motifs is 4. The predicted octanol–water partition coefficient (Wildman–Crippen LogP) is 6.67. The lowest BCUT2D eigenvalue weighted by molar-refractivity contribution is -0.660. The van der Waals surface area contributed by atoms with Crippen molar-refractivity contribution in [3.8, 4) is 28.5 Å². The van der Waals surface area contributed by atoms with Crippen LogP contribution in [0.2, 0.25) is 0 Å². The number of hydrogen-bond acceptors (Lipinski definition) is 3. The van der Waals surface area contributed by atoms with Crippen LogP contribution in [0.15, 0.2) is 88.0 Å². The molecule has 0 aliphatic carbocycles. The molecule has 3 heterocycles. The van der Waals surface area contributed by atoms with E-state index in [0.29, 0.717) is 5.56 Å². The summed E-state index contributed by atoms with van der Waals surface area (Å²) in [5, 5.41) is 12.9. The largest absolute Gasteiger partial charge is 0.464 e. The van der Waals surface area contributed by atoms with Crippen LogP contribution in [-0.2, 0) is 7.05 Å². The summed E-state index contributed by atoms with van der Waals surface area (Å²) in [5.74, 6) is 0. The Hall–Kier alpha value is -4.36. The third-order valence-corrected chi connectivity index (χ3v) is 6.19. The predicted molar refractivity (Wildman–Crippen MR) is 125 cm³/mol. The van der Waals surface area contributed by atoms with Gasteiger partial charge in [0.1, 0.15) is 23.8 Å². The van der Waals surface area contributed by atoms with Gasteiger partial charge in [-0.3, -0.25) is 0 Å². The van der Waals surface area contributed by atoms with Crippen LogP contribution in [0.1, 0.15) is 11.1 Å². The fraction of sp³-hybridized carbons (Fsp3) is 0.0714. The van der Waals surface area contributed by atoms with Gasteiger partial charge in [-0.2, -0.15) is 5.26 Å². The highest BCUT2D eigenvalue weighted by molar-refractivity contribution is 6.14. The van der Waals surface area contributed by atoms with Gasteiger partial charge in [0.15, 0.2) is 6.20 Å². The smallest absolute Gasteiger partial charge is 0.216 e. The summed E-state index contributed by atoms with van der Waals surface area (Å²) in [5.41, 5.74) is 8.00. The number of aromatic nitrogens is 1. The van der Waals surface area contributed by atoms with E-state index in [0.717, 1.165) is 60.9 Å². The first kappa shape index (κ1) is 18.4. The number of hydrogen-bond donors (Lipinski definition) is 0. The van der Waals surface area contributed by atoms with E-state index in [9.17, 15) is 5.26 Å². The number of aryl methyl sites for hydroxylation is 2. The van der Waals surface area contributed by atoms with E-state index < -0.39 is 0 Å². The van der Waals surface area contributed by atoms with Gasteiger partial charge in [0, 0.05) is 33.9 Å². The minimum Gasteiger partial charge on any atom is -0.464 e. The van der Waals surface area contributed by atoms with Crippen molar-refractivity contribution in [2.75, 3.05) is 0 Å². The molecule has 152 valence electrons. The van der Waals surface area contributed by atoms with Crippen LogP contribution in [0.5, 0.6) is 0 Å². The maximum Gasteiger partial charge on any atom is 0.216 e. The topological polar surface area (TPSA) is 54.0 Å². The first-order valence-corrected chi connectivity index (χ1v) is 10.5. The molecule has 0 bridgehead atoms. The third-order valence-electron chi connectivity index (χ3n) is 6.19. The second kappa shape index (κ2) is 6.83. The molecule has 4 nitrogen and oxygen atoms in total. The average molecular weight is 415 g/mol. The van der Waals surface area contributed by atoms with E-state index in [-0.39, 0.29) is 0 Å². The van der Waals surface area contributed by atoms with Crippen molar-refractivity contribution in [2.24, 2.45) is 7.05 Å². The van der Waals surface area contributed by atoms with Gasteiger partial charge in [0.05, 0.1) is 23.5 Å². The molecule has 32 heavy (non-hydrogen) atoms. The molecular weight excluding hydrogens is 396 g/mol. The Labute approximate surface area is 184 Å². The zero-order valence-corrected chi connectivity index (χ0v) is 17.7.